The second kappa shape index (κ2) is 6.13. The number of hydrogen-bond acceptors (Lipinski definition) is 1. The average Bonchev–Trinajstić information content (AvgIpc) is 2.45. The van der Waals surface area contributed by atoms with Crippen molar-refractivity contribution in [2.24, 2.45) is 0 Å². The van der Waals surface area contributed by atoms with Gasteiger partial charge in [-0.2, -0.15) is 26.3 Å². The van der Waals surface area contributed by atoms with Crippen molar-refractivity contribution in [3.63, 3.8) is 0 Å². The van der Waals surface area contributed by atoms with Crippen molar-refractivity contribution in [1.29, 1.82) is 0 Å². The van der Waals surface area contributed by atoms with Gasteiger partial charge in [0.25, 0.3) is 0 Å². The molecule has 0 unspecified atom stereocenters. The van der Waals surface area contributed by atoms with Gasteiger partial charge in [0, 0.05) is 0 Å². The Morgan fingerprint density at radius 2 is 1.50 bits per heavy atom. The third-order valence-electron chi connectivity index (χ3n) is 2.69. The Labute approximate surface area is 120 Å². The van der Waals surface area contributed by atoms with Gasteiger partial charge in [-0.1, -0.05) is 24.8 Å². The Hall–Kier alpha value is -1.80. The molecule has 0 aromatic heterocycles. The molecule has 1 rings (SSSR count). The molecule has 0 saturated heterocycles. The van der Waals surface area contributed by atoms with Crippen molar-refractivity contribution in [3.8, 4) is 5.75 Å². The Balaban J connectivity index is 2.87. The summed E-state index contributed by atoms with van der Waals surface area (Å²) in [6.45, 7) is 1.22. The van der Waals surface area contributed by atoms with Crippen LogP contribution < -0.4 is 4.74 Å². The van der Waals surface area contributed by atoms with Gasteiger partial charge in [-0.05, 0) is 17.7 Å². The van der Waals surface area contributed by atoms with Crippen LogP contribution in [0.5, 0.6) is 5.75 Å². The molecule has 1 nitrogen and oxygen atoms in total. The Morgan fingerprint density at radius 1 is 1.00 bits per heavy atom. The molecular formula is C13H10F8O. The Bertz CT molecular complexity index is 509. The zero-order chi connectivity index (χ0) is 17.2. The summed E-state index contributed by atoms with van der Waals surface area (Å²) < 4.78 is 106. The lowest BCUT2D eigenvalue weighted by atomic mass is 10.1. The van der Waals surface area contributed by atoms with Crippen molar-refractivity contribution >= 4 is 6.08 Å². The molecule has 0 saturated carbocycles. The molecule has 0 bridgehead atoms. The van der Waals surface area contributed by atoms with Gasteiger partial charge < -0.3 is 4.74 Å². The molecule has 0 heterocycles. The van der Waals surface area contributed by atoms with Gasteiger partial charge in [-0.25, -0.2) is 8.78 Å². The van der Waals surface area contributed by atoms with Crippen LogP contribution in [0.3, 0.4) is 0 Å². The summed E-state index contributed by atoms with van der Waals surface area (Å²) in [5.41, 5.74) is 0.564. The topological polar surface area (TPSA) is 9.23 Å². The Kier molecular flexibility index (Phi) is 5.09. The number of rotatable bonds is 7. The van der Waals surface area contributed by atoms with E-state index < -0.39 is 30.8 Å². The van der Waals surface area contributed by atoms with Gasteiger partial charge in [0.05, 0.1) is 0 Å². The molecule has 9 heteroatoms. The zero-order valence-electron chi connectivity index (χ0n) is 10.8. The quantitative estimate of drug-likeness (QED) is 0.646. The zero-order valence-corrected chi connectivity index (χ0v) is 10.8. The lowest BCUT2D eigenvalue weighted by molar-refractivity contribution is -0.342. The molecule has 0 N–H and O–H groups in total. The smallest absolute Gasteiger partial charge is 0.381 e. The first-order chi connectivity index (χ1) is 9.95. The average molecular weight is 334 g/mol. The van der Waals surface area contributed by atoms with E-state index in [1.165, 1.54) is 18.2 Å². The molecule has 22 heavy (non-hydrogen) atoms. The summed E-state index contributed by atoms with van der Waals surface area (Å²) in [6, 6.07) is 4.89. The highest BCUT2D eigenvalue weighted by atomic mass is 19.4. The molecular weight excluding hydrogens is 324 g/mol. The molecule has 0 aliphatic rings. The largest absolute Gasteiger partial charge is 0.487 e. The minimum absolute atomic E-state index is 0.318. The van der Waals surface area contributed by atoms with Crippen molar-refractivity contribution in [3.05, 3.63) is 36.4 Å². The number of benzene rings is 1. The van der Waals surface area contributed by atoms with Crippen LogP contribution in [0.1, 0.15) is 5.56 Å². The standard InChI is InChI=1S/C13H10F8O/c1-2-8-3-5-9(6-4-8)22-7-11(16,17)13(20,21)12(18,19)10(14)15/h2-6,10H,1,7H2. The fourth-order valence-electron chi connectivity index (χ4n) is 1.35. The maximum Gasteiger partial charge on any atom is 0.381 e. The van der Waals surface area contributed by atoms with E-state index in [0.717, 1.165) is 12.1 Å². The van der Waals surface area contributed by atoms with E-state index >= 15 is 0 Å². The predicted octanol–water partition coefficient (Wildman–Crippen LogP) is 4.88. The van der Waals surface area contributed by atoms with Crippen molar-refractivity contribution in [2.75, 3.05) is 6.61 Å². The molecule has 0 amide bonds. The summed E-state index contributed by atoms with van der Waals surface area (Å²) >= 11 is 0. The summed E-state index contributed by atoms with van der Waals surface area (Å²) in [4.78, 5) is 0. The van der Waals surface area contributed by atoms with Crippen molar-refractivity contribution in [2.45, 2.75) is 24.2 Å². The van der Waals surface area contributed by atoms with Crippen LogP contribution in [0, 0.1) is 0 Å². The van der Waals surface area contributed by atoms with Crippen molar-refractivity contribution < 1.29 is 39.9 Å². The summed E-state index contributed by atoms with van der Waals surface area (Å²) in [5, 5.41) is 0. The third-order valence-corrected chi connectivity index (χ3v) is 2.69. The van der Waals surface area contributed by atoms with Crippen molar-refractivity contribution in [1.82, 2.24) is 0 Å². The summed E-state index contributed by atoms with van der Waals surface area (Å²) in [6.07, 6.45) is -3.55. The highest BCUT2D eigenvalue weighted by Gasteiger charge is 2.75. The molecule has 0 atom stereocenters. The maximum atomic E-state index is 13.2. The van der Waals surface area contributed by atoms with Gasteiger partial charge >= 0.3 is 24.2 Å². The monoisotopic (exact) mass is 334 g/mol. The van der Waals surface area contributed by atoms with Crippen LogP contribution in [0.2, 0.25) is 0 Å². The first kappa shape index (κ1) is 18.2. The summed E-state index contributed by atoms with van der Waals surface area (Å²) in [5.74, 6) is -18.3. The first-order valence-electron chi connectivity index (χ1n) is 5.72. The molecule has 0 radical (unpaired) electrons. The number of alkyl halides is 8. The molecule has 1 aromatic carbocycles. The van der Waals surface area contributed by atoms with E-state index in [4.69, 9.17) is 0 Å². The maximum absolute atomic E-state index is 13.2. The van der Waals surface area contributed by atoms with Gasteiger partial charge in [-0.15, -0.1) is 0 Å². The van der Waals surface area contributed by atoms with Crippen LogP contribution in [0.25, 0.3) is 6.08 Å². The fraction of sp³-hybridized carbons (Fsp3) is 0.385. The second-order valence-corrected chi connectivity index (χ2v) is 4.26. The van der Waals surface area contributed by atoms with Crippen LogP contribution in [-0.4, -0.2) is 30.8 Å². The van der Waals surface area contributed by atoms with Gasteiger partial charge in [0.1, 0.15) is 5.75 Å². The molecule has 0 aliphatic carbocycles. The Morgan fingerprint density at radius 3 is 1.91 bits per heavy atom. The van der Waals surface area contributed by atoms with E-state index in [1.54, 1.807) is 0 Å². The number of halogens is 8. The van der Waals surface area contributed by atoms with Gasteiger partial charge in [-0.3, -0.25) is 0 Å². The van der Waals surface area contributed by atoms with Crippen LogP contribution in [0.4, 0.5) is 35.1 Å². The molecule has 0 spiro atoms. The van der Waals surface area contributed by atoms with Crippen LogP contribution in [0.15, 0.2) is 30.8 Å². The lowest BCUT2D eigenvalue weighted by Gasteiger charge is -2.31. The second-order valence-electron chi connectivity index (χ2n) is 4.26. The van der Waals surface area contributed by atoms with E-state index in [-0.39, 0.29) is 5.75 Å². The fourth-order valence-corrected chi connectivity index (χ4v) is 1.35. The highest BCUT2D eigenvalue weighted by molar-refractivity contribution is 5.48. The van der Waals surface area contributed by atoms with E-state index in [9.17, 15) is 35.1 Å². The van der Waals surface area contributed by atoms with Crippen LogP contribution >= 0.6 is 0 Å². The SMILES string of the molecule is C=Cc1ccc(OCC(F)(F)C(F)(F)C(F)(F)C(F)F)cc1. The van der Waals surface area contributed by atoms with Crippen LogP contribution in [-0.2, 0) is 0 Å². The molecule has 0 aliphatic heterocycles. The minimum Gasteiger partial charge on any atom is -0.487 e. The molecule has 0 fully saturated rings. The van der Waals surface area contributed by atoms with Gasteiger partial charge in [0.15, 0.2) is 6.61 Å². The lowest BCUT2D eigenvalue weighted by Crippen LogP contribution is -2.59. The number of ether oxygens (including phenoxy) is 1. The normalized spacial score (nSPS) is 13.3. The number of hydrogen-bond donors (Lipinski definition) is 0. The highest BCUT2D eigenvalue weighted by Crippen LogP contribution is 2.48. The van der Waals surface area contributed by atoms with Gasteiger partial charge in [0.2, 0.25) is 0 Å². The van der Waals surface area contributed by atoms with E-state index in [0.29, 0.717) is 5.56 Å². The predicted molar refractivity (Wildman–Crippen MR) is 62.9 cm³/mol. The van der Waals surface area contributed by atoms with E-state index in [1.807, 2.05) is 0 Å². The minimum atomic E-state index is -6.27. The molecule has 124 valence electrons. The first-order valence-corrected chi connectivity index (χ1v) is 5.72. The summed E-state index contributed by atoms with van der Waals surface area (Å²) in [7, 11) is 0. The third kappa shape index (κ3) is 3.33. The van der Waals surface area contributed by atoms with E-state index in [2.05, 4.69) is 11.3 Å². The molecule has 1 aromatic rings.